The van der Waals surface area contributed by atoms with Crippen LogP contribution in [0.25, 0.3) is 21.9 Å². The van der Waals surface area contributed by atoms with E-state index < -0.39 is 5.63 Å². The summed E-state index contributed by atoms with van der Waals surface area (Å²) in [7, 11) is 0. The lowest BCUT2D eigenvalue weighted by Crippen LogP contribution is -2.19. The molecule has 0 aliphatic carbocycles. The van der Waals surface area contributed by atoms with Gasteiger partial charge in [-0.2, -0.15) is 5.10 Å². The molecule has 0 fully saturated rings. The summed E-state index contributed by atoms with van der Waals surface area (Å²) in [6, 6.07) is 5.52. The van der Waals surface area contributed by atoms with Crippen molar-refractivity contribution in [2.24, 2.45) is 0 Å². The molecule has 0 saturated heterocycles. The molecule has 0 spiro atoms. The molecule has 1 N–H and O–H groups in total. The van der Waals surface area contributed by atoms with Gasteiger partial charge in [0.25, 0.3) is 0 Å². The van der Waals surface area contributed by atoms with E-state index in [1.54, 1.807) is 6.07 Å². The number of amides is 1. The molecule has 0 saturated carbocycles. The lowest BCUT2D eigenvalue weighted by Gasteiger charge is -2.06. The lowest BCUT2D eigenvalue weighted by molar-refractivity contribution is -0.116. The number of aryl methyl sites for hydroxylation is 2. The minimum atomic E-state index is -0.472. The van der Waals surface area contributed by atoms with Crippen molar-refractivity contribution in [3.05, 3.63) is 45.4 Å². The molecule has 0 atom stereocenters. The van der Waals surface area contributed by atoms with E-state index >= 15 is 0 Å². The molecule has 0 radical (unpaired) electrons. The number of rotatable bonds is 4. The Labute approximate surface area is 151 Å². The lowest BCUT2D eigenvalue weighted by atomic mass is 10.1. The number of hydrogen-bond acceptors (Lipinski definition) is 7. The Kier molecular flexibility index (Phi) is 4.00. The van der Waals surface area contributed by atoms with Crippen LogP contribution < -0.4 is 10.9 Å². The van der Waals surface area contributed by atoms with E-state index in [0.717, 1.165) is 22.4 Å². The normalized spacial score (nSPS) is 11.3. The number of nitrogens with one attached hydrogen (secondary N) is 1. The SMILES string of the molecule is CCc1nnc(NC(=O)Cn2ncc3c(=O)oc4ccc(C)cc4c32)s1. The van der Waals surface area contributed by atoms with Crippen LogP contribution in [0.3, 0.4) is 0 Å². The fourth-order valence-electron chi connectivity index (χ4n) is 2.75. The third kappa shape index (κ3) is 2.86. The molecule has 0 unspecified atom stereocenters. The number of anilines is 1. The van der Waals surface area contributed by atoms with Gasteiger partial charge >= 0.3 is 5.63 Å². The fourth-order valence-corrected chi connectivity index (χ4v) is 3.45. The first kappa shape index (κ1) is 16.4. The zero-order chi connectivity index (χ0) is 18.3. The smallest absolute Gasteiger partial charge is 0.347 e. The number of aromatic nitrogens is 4. The standard InChI is InChI=1S/C17H15N5O3S/c1-3-14-20-21-17(26-14)19-13(23)8-22-15-10-6-9(2)4-5-12(10)25-16(24)11(15)7-18-22/h4-7H,3,8H2,1-2H3,(H,19,21,23). The minimum Gasteiger partial charge on any atom is -0.422 e. The second-order valence-electron chi connectivity index (χ2n) is 5.86. The van der Waals surface area contributed by atoms with Gasteiger partial charge in [-0.05, 0) is 25.5 Å². The number of benzene rings is 1. The first-order chi connectivity index (χ1) is 12.5. The van der Waals surface area contributed by atoms with Crippen LogP contribution in [0.4, 0.5) is 5.13 Å². The van der Waals surface area contributed by atoms with Gasteiger partial charge in [-0.3, -0.25) is 14.8 Å². The first-order valence-electron chi connectivity index (χ1n) is 8.06. The highest BCUT2D eigenvalue weighted by Gasteiger charge is 2.16. The molecule has 3 heterocycles. The van der Waals surface area contributed by atoms with Gasteiger partial charge in [0.15, 0.2) is 0 Å². The Morgan fingerprint density at radius 1 is 1.31 bits per heavy atom. The molecule has 9 heteroatoms. The van der Waals surface area contributed by atoms with Gasteiger partial charge in [-0.15, -0.1) is 10.2 Å². The Bertz CT molecular complexity index is 1190. The molecule has 1 amide bonds. The molecule has 8 nitrogen and oxygen atoms in total. The van der Waals surface area contributed by atoms with Crippen molar-refractivity contribution in [3.63, 3.8) is 0 Å². The van der Waals surface area contributed by atoms with Gasteiger partial charge in [0.1, 0.15) is 22.5 Å². The van der Waals surface area contributed by atoms with Gasteiger partial charge in [0, 0.05) is 5.39 Å². The van der Waals surface area contributed by atoms with Crippen molar-refractivity contribution in [1.82, 2.24) is 20.0 Å². The van der Waals surface area contributed by atoms with E-state index in [1.165, 1.54) is 22.2 Å². The molecular formula is C17H15N5O3S. The summed E-state index contributed by atoms with van der Waals surface area (Å²) in [5.74, 6) is -0.289. The van der Waals surface area contributed by atoms with Gasteiger partial charge in [-0.1, -0.05) is 29.9 Å². The molecule has 4 aromatic rings. The monoisotopic (exact) mass is 369 g/mol. The van der Waals surface area contributed by atoms with Crippen LogP contribution in [0.5, 0.6) is 0 Å². The van der Waals surface area contributed by atoms with Crippen LogP contribution in [-0.4, -0.2) is 25.9 Å². The summed E-state index contributed by atoms with van der Waals surface area (Å²) >= 11 is 1.34. The molecule has 0 bridgehead atoms. The highest BCUT2D eigenvalue weighted by Crippen LogP contribution is 2.24. The van der Waals surface area contributed by atoms with Crippen LogP contribution in [0.2, 0.25) is 0 Å². The van der Waals surface area contributed by atoms with Crippen LogP contribution >= 0.6 is 11.3 Å². The summed E-state index contributed by atoms with van der Waals surface area (Å²) < 4.78 is 6.84. The highest BCUT2D eigenvalue weighted by molar-refractivity contribution is 7.15. The number of carbonyl (C=O) groups is 1. The fraction of sp³-hybridized carbons (Fsp3) is 0.235. The van der Waals surface area contributed by atoms with Crippen molar-refractivity contribution < 1.29 is 9.21 Å². The van der Waals surface area contributed by atoms with Gasteiger partial charge < -0.3 is 4.42 Å². The number of fused-ring (bicyclic) bond motifs is 3. The maximum atomic E-state index is 12.4. The maximum Gasteiger partial charge on any atom is 0.347 e. The van der Waals surface area contributed by atoms with Crippen molar-refractivity contribution in [2.75, 3.05) is 5.32 Å². The summed E-state index contributed by atoms with van der Waals surface area (Å²) in [4.78, 5) is 24.5. The third-order valence-corrected chi connectivity index (χ3v) is 4.94. The van der Waals surface area contributed by atoms with Gasteiger partial charge in [0.2, 0.25) is 11.0 Å². The van der Waals surface area contributed by atoms with Crippen LogP contribution in [-0.2, 0) is 17.8 Å². The topological polar surface area (TPSA) is 103 Å². The molecule has 0 aliphatic rings. The summed E-state index contributed by atoms with van der Waals surface area (Å²) in [6.45, 7) is 3.88. The van der Waals surface area contributed by atoms with Crippen molar-refractivity contribution in [1.29, 1.82) is 0 Å². The largest absolute Gasteiger partial charge is 0.422 e. The minimum absolute atomic E-state index is 0.0446. The third-order valence-electron chi connectivity index (χ3n) is 3.96. The Balaban J connectivity index is 1.72. The number of carbonyl (C=O) groups excluding carboxylic acids is 1. The summed E-state index contributed by atoms with van der Waals surface area (Å²) in [5.41, 5.74) is 1.60. The summed E-state index contributed by atoms with van der Waals surface area (Å²) in [6.07, 6.45) is 2.19. The molecule has 26 heavy (non-hydrogen) atoms. The Morgan fingerprint density at radius 2 is 2.15 bits per heavy atom. The van der Waals surface area contributed by atoms with E-state index in [4.69, 9.17) is 4.42 Å². The van der Waals surface area contributed by atoms with Crippen molar-refractivity contribution in [3.8, 4) is 0 Å². The van der Waals surface area contributed by atoms with Crippen LogP contribution in [0.1, 0.15) is 17.5 Å². The van der Waals surface area contributed by atoms with E-state index in [9.17, 15) is 9.59 Å². The average Bonchev–Trinajstić information content (AvgIpc) is 3.23. The second-order valence-corrected chi connectivity index (χ2v) is 6.92. The van der Waals surface area contributed by atoms with Crippen molar-refractivity contribution in [2.45, 2.75) is 26.8 Å². The zero-order valence-electron chi connectivity index (χ0n) is 14.1. The molecule has 3 aromatic heterocycles. The van der Waals surface area contributed by atoms with E-state index in [2.05, 4.69) is 20.6 Å². The highest BCUT2D eigenvalue weighted by atomic mass is 32.1. The Hall–Kier alpha value is -3.07. The van der Waals surface area contributed by atoms with E-state index in [-0.39, 0.29) is 12.5 Å². The number of hydrogen-bond donors (Lipinski definition) is 1. The maximum absolute atomic E-state index is 12.4. The average molecular weight is 369 g/mol. The molecule has 4 rings (SSSR count). The second kappa shape index (κ2) is 6.34. The molecule has 0 aliphatic heterocycles. The first-order valence-corrected chi connectivity index (χ1v) is 8.88. The van der Waals surface area contributed by atoms with E-state index in [1.807, 2.05) is 26.0 Å². The van der Waals surface area contributed by atoms with Gasteiger partial charge in [0.05, 0.1) is 11.7 Å². The van der Waals surface area contributed by atoms with E-state index in [0.29, 0.717) is 21.6 Å². The van der Waals surface area contributed by atoms with Crippen LogP contribution in [0, 0.1) is 6.92 Å². The predicted octanol–water partition coefficient (Wildman–Crippen LogP) is 2.50. The summed E-state index contributed by atoms with van der Waals surface area (Å²) in [5, 5.41) is 17.2. The Morgan fingerprint density at radius 3 is 2.92 bits per heavy atom. The molecular weight excluding hydrogens is 354 g/mol. The van der Waals surface area contributed by atoms with Crippen LogP contribution in [0.15, 0.2) is 33.6 Å². The predicted molar refractivity (Wildman–Crippen MR) is 98.4 cm³/mol. The van der Waals surface area contributed by atoms with Crippen molar-refractivity contribution >= 4 is 44.2 Å². The molecule has 132 valence electrons. The quantitative estimate of drug-likeness (QED) is 0.555. The zero-order valence-corrected chi connectivity index (χ0v) is 15.0. The number of nitrogens with zero attached hydrogens (tertiary/aromatic N) is 4. The van der Waals surface area contributed by atoms with Gasteiger partial charge in [-0.25, -0.2) is 4.79 Å². The molecule has 1 aromatic carbocycles.